The number of unbranched alkanes of at least 4 members (excludes halogenated alkanes) is 2. The summed E-state index contributed by atoms with van der Waals surface area (Å²) in [5.74, 6) is 2.58. The van der Waals surface area contributed by atoms with Crippen LogP contribution >= 0.6 is 12.2 Å². The molecule has 182 valence electrons. The van der Waals surface area contributed by atoms with Crippen LogP contribution in [0, 0.1) is 0 Å². The van der Waals surface area contributed by atoms with Crippen LogP contribution in [0.3, 0.4) is 0 Å². The van der Waals surface area contributed by atoms with Gasteiger partial charge < -0.3 is 14.5 Å². The van der Waals surface area contributed by atoms with Crippen LogP contribution in [0.5, 0.6) is 5.75 Å². The fourth-order valence-corrected chi connectivity index (χ4v) is 5.07. The molecule has 3 aromatic rings. The van der Waals surface area contributed by atoms with Gasteiger partial charge in [0.05, 0.1) is 4.99 Å². The second-order valence-corrected chi connectivity index (χ2v) is 11.3. The van der Waals surface area contributed by atoms with Crippen molar-refractivity contribution in [1.82, 2.24) is 4.98 Å². The van der Waals surface area contributed by atoms with Crippen LogP contribution in [-0.2, 0) is 12.8 Å². The first kappa shape index (κ1) is 24.7. The summed E-state index contributed by atoms with van der Waals surface area (Å²) >= 11 is 5.72. The summed E-state index contributed by atoms with van der Waals surface area (Å²) in [4.78, 5) is 5.62. The van der Waals surface area contributed by atoms with Gasteiger partial charge in [-0.3, -0.25) is 0 Å². The summed E-state index contributed by atoms with van der Waals surface area (Å²) in [7, 11) is 0. The van der Waals surface area contributed by atoms with Gasteiger partial charge in [-0.1, -0.05) is 70.6 Å². The first-order valence-electron chi connectivity index (χ1n) is 12.7. The molecule has 0 atom stereocenters. The summed E-state index contributed by atoms with van der Waals surface area (Å²) in [6.07, 6.45) is 5.81. The molecule has 0 spiro atoms. The molecule has 1 N–H and O–H groups in total. The molecule has 5 heteroatoms. The van der Waals surface area contributed by atoms with Crippen molar-refractivity contribution in [2.75, 3.05) is 5.32 Å². The van der Waals surface area contributed by atoms with Gasteiger partial charge in [0, 0.05) is 24.1 Å². The lowest BCUT2D eigenvalue weighted by Crippen LogP contribution is -2.24. The van der Waals surface area contributed by atoms with Crippen molar-refractivity contribution in [1.29, 1.82) is 0 Å². The number of fused-ring (bicyclic) bond motifs is 3. The highest BCUT2D eigenvalue weighted by Crippen LogP contribution is 2.40. The maximum absolute atomic E-state index is 6.13. The van der Waals surface area contributed by atoms with E-state index in [1.807, 2.05) is 0 Å². The van der Waals surface area contributed by atoms with E-state index in [0.29, 0.717) is 11.8 Å². The Labute approximate surface area is 209 Å². The number of ether oxygens (including phenoxy) is 1. The number of aryl methyl sites for hydroxylation is 1. The zero-order chi connectivity index (χ0) is 24.5. The monoisotopic (exact) mass is 478 g/mol. The van der Waals surface area contributed by atoms with E-state index in [4.69, 9.17) is 26.4 Å². The topological polar surface area (TPSA) is 47.3 Å². The average molecular weight is 479 g/mol. The van der Waals surface area contributed by atoms with Crippen LogP contribution in [0.4, 0.5) is 5.69 Å². The molecule has 1 aliphatic heterocycles. The molecule has 34 heavy (non-hydrogen) atoms. The molecule has 0 fully saturated rings. The Morgan fingerprint density at radius 1 is 1.03 bits per heavy atom. The van der Waals surface area contributed by atoms with E-state index in [1.54, 1.807) is 0 Å². The molecule has 4 rings (SSSR count). The molecular weight excluding hydrogens is 440 g/mol. The standard InChI is InChI=1S/C29H38N2O2S/c1-18(2)21-11-10-12-22(19(3)4)26(21)31-25(34)14-9-7-8-13-24-30-23-16-15-20-17-29(5,6)33-27(20)28(23)32-24/h10-12,15-16,18-19H,7-9,13-14,17H2,1-6H3,(H,31,34). The van der Waals surface area contributed by atoms with Crippen molar-refractivity contribution in [3.05, 3.63) is 52.9 Å². The first-order chi connectivity index (χ1) is 16.1. The molecule has 4 nitrogen and oxygen atoms in total. The normalized spacial score (nSPS) is 14.6. The van der Waals surface area contributed by atoms with Gasteiger partial charge in [0.1, 0.15) is 11.1 Å². The number of benzene rings is 2. The van der Waals surface area contributed by atoms with Gasteiger partial charge in [0.15, 0.2) is 17.2 Å². The Kier molecular flexibility index (Phi) is 7.32. The van der Waals surface area contributed by atoms with Crippen molar-refractivity contribution < 1.29 is 9.15 Å². The number of rotatable bonds is 9. The Morgan fingerprint density at radius 2 is 1.74 bits per heavy atom. The molecule has 0 unspecified atom stereocenters. The van der Waals surface area contributed by atoms with E-state index < -0.39 is 0 Å². The number of oxazole rings is 1. The van der Waals surface area contributed by atoms with E-state index in [-0.39, 0.29) is 5.60 Å². The van der Waals surface area contributed by atoms with Crippen molar-refractivity contribution >= 4 is 34.0 Å². The number of nitrogens with zero attached hydrogens (tertiary/aromatic N) is 1. The third-order valence-corrected chi connectivity index (χ3v) is 6.87. The number of nitrogens with one attached hydrogen (secondary N) is 1. The molecule has 2 heterocycles. The molecular formula is C29H38N2O2S. The fourth-order valence-electron chi connectivity index (χ4n) is 4.82. The van der Waals surface area contributed by atoms with Crippen molar-refractivity contribution in [3.8, 4) is 5.75 Å². The minimum absolute atomic E-state index is 0.179. The maximum atomic E-state index is 6.13. The SMILES string of the molecule is CC(C)c1cccc(C(C)C)c1NC(=S)CCCCCc1nc2ccc3c(c2o1)OC(C)(C)C3. The fraction of sp³-hybridized carbons (Fsp3) is 0.517. The highest BCUT2D eigenvalue weighted by molar-refractivity contribution is 7.80. The van der Waals surface area contributed by atoms with Crippen LogP contribution in [0.2, 0.25) is 0 Å². The van der Waals surface area contributed by atoms with Crippen molar-refractivity contribution in [2.24, 2.45) is 0 Å². The molecule has 0 aliphatic carbocycles. The largest absolute Gasteiger partial charge is 0.483 e. The number of aromatic nitrogens is 1. The van der Waals surface area contributed by atoms with Crippen LogP contribution in [0.1, 0.15) is 102 Å². The molecule has 2 aromatic carbocycles. The Morgan fingerprint density at radius 3 is 2.41 bits per heavy atom. The van der Waals surface area contributed by atoms with Gasteiger partial charge in [-0.15, -0.1) is 0 Å². The van der Waals surface area contributed by atoms with Crippen molar-refractivity contribution in [3.63, 3.8) is 0 Å². The molecule has 0 saturated carbocycles. The molecule has 1 aliphatic rings. The smallest absolute Gasteiger partial charge is 0.196 e. The van der Waals surface area contributed by atoms with Crippen LogP contribution in [0.15, 0.2) is 34.7 Å². The van der Waals surface area contributed by atoms with Gasteiger partial charge in [0.2, 0.25) is 0 Å². The van der Waals surface area contributed by atoms with Gasteiger partial charge >= 0.3 is 0 Å². The quantitative estimate of drug-likeness (QED) is 0.247. The zero-order valence-corrected chi connectivity index (χ0v) is 22.3. The van der Waals surface area contributed by atoms with E-state index in [0.717, 1.165) is 66.3 Å². The number of thiocarbonyl (C=S) groups is 1. The van der Waals surface area contributed by atoms with E-state index in [1.165, 1.54) is 22.4 Å². The lowest BCUT2D eigenvalue weighted by molar-refractivity contribution is 0.138. The lowest BCUT2D eigenvalue weighted by atomic mass is 9.92. The van der Waals surface area contributed by atoms with E-state index in [9.17, 15) is 0 Å². The number of anilines is 1. The van der Waals surface area contributed by atoms with Gasteiger partial charge in [-0.25, -0.2) is 4.98 Å². The van der Waals surface area contributed by atoms with Gasteiger partial charge in [-0.05, 0) is 62.1 Å². The zero-order valence-electron chi connectivity index (χ0n) is 21.5. The molecule has 0 bridgehead atoms. The first-order valence-corrected chi connectivity index (χ1v) is 13.1. The second kappa shape index (κ2) is 10.1. The van der Waals surface area contributed by atoms with Gasteiger partial charge in [-0.2, -0.15) is 0 Å². The summed E-state index contributed by atoms with van der Waals surface area (Å²) in [6, 6.07) is 10.8. The van der Waals surface area contributed by atoms with E-state index in [2.05, 4.69) is 77.2 Å². The van der Waals surface area contributed by atoms with E-state index >= 15 is 0 Å². The van der Waals surface area contributed by atoms with Gasteiger partial charge in [0.25, 0.3) is 0 Å². The molecule has 1 aromatic heterocycles. The molecule has 0 radical (unpaired) electrons. The van der Waals surface area contributed by atoms with Crippen LogP contribution in [0.25, 0.3) is 11.1 Å². The summed E-state index contributed by atoms with van der Waals surface area (Å²) in [5.41, 5.74) is 6.60. The highest BCUT2D eigenvalue weighted by Gasteiger charge is 2.33. The Bertz CT molecular complexity index is 1150. The van der Waals surface area contributed by atoms with Crippen LogP contribution in [-0.4, -0.2) is 15.6 Å². The maximum Gasteiger partial charge on any atom is 0.196 e. The van der Waals surface area contributed by atoms with Crippen LogP contribution < -0.4 is 10.1 Å². The average Bonchev–Trinajstić information content (AvgIpc) is 3.32. The number of para-hydroxylation sites is 1. The minimum atomic E-state index is -0.179. The Hall–Kier alpha value is -2.40. The minimum Gasteiger partial charge on any atom is -0.483 e. The van der Waals surface area contributed by atoms with Crippen molar-refractivity contribution in [2.45, 2.75) is 97.5 Å². The molecule has 0 amide bonds. The summed E-state index contributed by atoms with van der Waals surface area (Å²) in [6.45, 7) is 13.2. The predicted octanol–water partition coefficient (Wildman–Crippen LogP) is 8.33. The third-order valence-electron chi connectivity index (χ3n) is 6.56. The number of hydrogen-bond acceptors (Lipinski definition) is 4. The Balaban J connectivity index is 1.29. The molecule has 0 saturated heterocycles. The predicted molar refractivity (Wildman–Crippen MR) is 145 cm³/mol. The lowest BCUT2D eigenvalue weighted by Gasteiger charge is -2.21. The third kappa shape index (κ3) is 5.46. The summed E-state index contributed by atoms with van der Waals surface area (Å²) < 4.78 is 12.2. The second-order valence-electron chi connectivity index (χ2n) is 10.8. The number of hydrogen-bond donors (Lipinski definition) is 1. The summed E-state index contributed by atoms with van der Waals surface area (Å²) in [5, 5.41) is 3.59. The highest BCUT2D eigenvalue weighted by atomic mass is 32.1.